The summed E-state index contributed by atoms with van der Waals surface area (Å²) >= 11 is 0. The number of carboxylic acids is 1. The number of nitrogens with one attached hydrogen (secondary N) is 1. The highest BCUT2D eigenvalue weighted by atomic mass is 16.4. The number of rotatable bonds is 8. The van der Waals surface area contributed by atoms with Gasteiger partial charge in [0.1, 0.15) is 5.69 Å². The molecule has 0 unspecified atom stereocenters. The minimum atomic E-state index is -0.920. The lowest BCUT2D eigenvalue weighted by Gasteiger charge is -2.07. The fourth-order valence-corrected chi connectivity index (χ4v) is 2.03. The minimum Gasteiger partial charge on any atom is -0.481 e. The molecule has 2 aromatic heterocycles. The summed E-state index contributed by atoms with van der Waals surface area (Å²) in [6.45, 7) is 3.40. The second-order valence-electron chi connectivity index (χ2n) is 4.97. The van der Waals surface area contributed by atoms with Crippen LogP contribution in [0.1, 0.15) is 28.9 Å². The van der Waals surface area contributed by atoms with E-state index in [0.29, 0.717) is 12.2 Å². The van der Waals surface area contributed by atoms with E-state index >= 15 is 0 Å². The first-order valence-corrected chi connectivity index (χ1v) is 7.07. The van der Waals surface area contributed by atoms with E-state index in [4.69, 9.17) is 5.11 Å². The summed E-state index contributed by atoms with van der Waals surface area (Å²) < 4.78 is 3.24. The lowest BCUT2D eigenvalue weighted by atomic mass is 10.3. The molecule has 0 aliphatic rings. The lowest BCUT2D eigenvalue weighted by molar-refractivity contribution is -0.137. The Balaban J connectivity index is 1.77. The van der Waals surface area contributed by atoms with Gasteiger partial charge in [0.05, 0.1) is 19.2 Å². The lowest BCUT2D eigenvalue weighted by Crippen LogP contribution is -2.28. The van der Waals surface area contributed by atoms with Crippen molar-refractivity contribution in [2.75, 3.05) is 6.54 Å². The van der Waals surface area contributed by atoms with Gasteiger partial charge >= 0.3 is 5.97 Å². The molecule has 8 nitrogen and oxygen atoms in total. The summed E-state index contributed by atoms with van der Waals surface area (Å²) in [4.78, 5) is 22.6. The summed E-state index contributed by atoms with van der Waals surface area (Å²) in [5.41, 5.74) is 1.47. The van der Waals surface area contributed by atoms with E-state index in [0.717, 1.165) is 18.5 Å². The molecular weight excluding hydrogens is 286 g/mol. The highest BCUT2D eigenvalue weighted by molar-refractivity contribution is 5.92. The third-order valence-electron chi connectivity index (χ3n) is 3.10. The van der Waals surface area contributed by atoms with Gasteiger partial charge in [0.25, 0.3) is 5.91 Å². The van der Waals surface area contributed by atoms with Crippen molar-refractivity contribution >= 4 is 11.9 Å². The molecule has 0 atom stereocenters. The van der Waals surface area contributed by atoms with Crippen molar-refractivity contribution in [2.24, 2.45) is 0 Å². The number of aromatic nitrogens is 4. The Hall–Kier alpha value is -2.64. The van der Waals surface area contributed by atoms with Crippen molar-refractivity contribution in [1.29, 1.82) is 0 Å². The summed E-state index contributed by atoms with van der Waals surface area (Å²) in [5.74, 6) is -1.17. The van der Waals surface area contributed by atoms with Crippen LogP contribution in [-0.4, -0.2) is 43.1 Å². The highest BCUT2D eigenvalue weighted by Gasteiger charge is 2.12. The Morgan fingerprint density at radius 2 is 2.14 bits per heavy atom. The van der Waals surface area contributed by atoms with Crippen LogP contribution in [0, 0.1) is 6.92 Å². The van der Waals surface area contributed by atoms with Crippen LogP contribution in [0.5, 0.6) is 0 Å². The maximum Gasteiger partial charge on any atom is 0.305 e. The Labute approximate surface area is 127 Å². The van der Waals surface area contributed by atoms with Gasteiger partial charge in [0.15, 0.2) is 0 Å². The Kier molecular flexibility index (Phi) is 5.29. The largest absolute Gasteiger partial charge is 0.481 e. The van der Waals surface area contributed by atoms with Gasteiger partial charge in [-0.05, 0) is 25.0 Å². The summed E-state index contributed by atoms with van der Waals surface area (Å²) in [6.07, 6.45) is 5.92. The van der Waals surface area contributed by atoms with Crippen molar-refractivity contribution in [1.82, 2.24) is 24.9 Å². The minimum absolute atomic E-state index is 0.0688. The number of carboxylic acid groups (broad SMARTS) is 1. The van der Waals surface area contributed by atoms with E-state index in [1.807, 2.05) is 17.8 Å². The molecule has 0 radical (unpaired) electrons. The van der Waals surface area contributed by atoms with Crippen LogP contribution < -0.4 is 5.32 Å². The van der Waals surface area contributed by atoms with E-state index in [1.165, 1.54) is 10.9 Å². The first-order chi connectivity index (χ1) is 10.6. The molecule has 0 bridgehead atoms. The summed E-state index contributed by atoms with van der Waals surface area (Å²) in [7, 11) is 0. The fraction of sp³-hybridized carbons (Fsp3) is 0.429. The molecule has 0 aliphatic carbocycles. The molecule has 2 heterocycles. The van der Waals surface area contributed by atoms with Gasteiger partial charge in [-0.1, -0.05) is 0 Å². The molecule has 0 aromatic carbocycles. The zero-order chi connectivity index (χ0) is 15.9. The molecular formula is C14H19N5O3. The Bertz CT molecular complexity index is 646. The summed E-state index contributed by atoms with van der Waals surface area (Å²) in [5, 5.41) is 19.6. The van der Waals surface area contributed by atoms with Gasteiger partial charge < -0.3 is 10.4 Å². The summed E-state index contributed by atoms with van der Waals surface area (Å²) in [6, 6.07) is 1.58. The van der Waals surface area contributed by atoms with Gasteiger partial charge in [-0.25, -0.2) is 0 Å². The molecule has 1 amide bonds. The number of carbonyl (C=O) groups is 2. The van der Waals surface area contributed by atoms with Crippen LogP contribution in [0.15, 0.2) is 24.7 Å². The molecule has 2 aromatic rings. The van der Waals surface area contributed by atoms with Gasteiger partial charge in [-0.3, -0.25) is 19.0 Å². The third-order valence-corrected chi connectivity index (χ3v) is 3.10. The van der Waals surface area contributed by atoms with Crippen LogP contribution in [0.25, 0.3) is 0 Å². The molecule has 0 saturated carbocycles. The number of nitrogens with zero attached hydrogens (tertiary/aromatic N) is 4. The topological polar surface area (TPSA) is 102 Å². The van der Waals surface area contributed by atoms with E-state index < -0.39 is 5.97 Å². The average Bonchev–Trinajstić information content (AvgIpc) is 3.10. The van der Waals surface area contributed by atoms with Gasteiger partial charge in [-0.15, -0.1) is 0 Å². The van der Waals surface area contributed by atoms with E-state index in [9.17, 15) is 9.59 Å². The van der Waals surface area contributed by atoms with Gasteiger partial charge in [-0.2, -0.15) is 10.2 Å². The second-order valence-corrected chi connectivity index (χ2v) is 4.97. The van der Waals surface area contributed by atoms with Gasteiger partial charge in [0.2, 0.25) is 0 Å². The predicted molar refractivity (Wildman–Crippen MR) is 78.4 cm³/mol. The van der Waals surface area contributed by atoms with Crippen molar-refractivity contribution in [2.45, 2.75) is 32.9 Å². The number of hydrogen-bond donors (Lipinski definition) is 2. The molecule has 0 saturated heterocycles. The SMILES string of the molecule is Cc1cnn(CCCNC(=O)c2ccnn2CCC(=O)O)c1. The van der Waals surface area contributed by atoms with Gasteiger partial charge in [0, 0.05) is 25.5 Å². The number of hydrogen-bond acceptors (Lipinski definition) is 4. The average molecular weight is 305 g/mol. The van der Waals surface area contributed by atoms with Crippen LogP contribution in [0.3, 0.4) is 0 Å². The third kappa shape index (κ3) is 4.44. The smallest absolute Gasteiger partial charge is 0.305 e. The second kappa shape index (κ2) is 7.39. The number of aryl methyl sites for hydroxylation is 3. The van der Waals surface area contributed by atoms with E-state index in [-0.39, 0.29) is 18.9 Å². The predicted octanol–water partition coefficient (Wildman–Crippen LogP) is 0.683. The number of amides is 1. The highest BCUT2D eigenvalue weighted by Crippen LogP contribution is 2.01. The fourth-order valence-electron chi connectivity index (χ4n) is 2.03. The molecule has 118 valence electrons. The normalized spacial score (nSPS) is 10.6. The van der Waals surface area contributed by atoms with Crippen LogP contribution >= 0.6 is 0 Å². The monoisotopic (exact) mass is 305 g/mol. The molecule has 8 heteroatoms. The molecule has 0 aliphatic heterocycles. The molecule has 22 heavy (non-hydrogen) atoms. The van der Waals surface area contributed by atoms with Crippen molar-refractivity contribution < 1.29 is 14.7 Å². The number of carbonyl (C=O) groups excluding carboxylic acids is 1. The standard InChI is InChI=1S/C14H19N5O3/c1-11-9-17-18(10-11)7-2-5-15-14(22)12-3-6-16-19(12)8-4-13(20)21/h3,6,9-10H,2,4-5,7-8H2,1H3,(H,15,22)(H,20,21). The molecule has 0 fully saturated rings. The molecule has 0 spiro atoms. The zero-order valence-corrected chi connectivity index (χ0v) is 12.4. The maximum absolute atomic E-state index is 12.0. The van der Waals surface area contributed by atoms with Crippen molar-refractivity contribution in [3.05, 3.63) is 35.9 Å². The first-order valence-electron chi connectivity index (χ1n) is 7.07. The number of aliphatic carboxylic acids is 1. The van der Waals surface area contributed by atoms with Crippen molar-refractivity contribution in [3.63, 3.8) is 0 Å². The maximum atomic E-state index is 12.0. The van der Waals surface area contributed by atoms with Crippen LogP contribution in [0.2, 0.25) is 0 Å². The zero-order valence-electron chi connectivity index (χ0n) is 12.4. The van der Waals surface area contributed by atoms with Crippen LogP contribution in [-0.2, 0) is 17.9 Å². The molecule has 2 rings (SSSR count). The molecule has 2 N–H and O–H groups in total. The first kappa shape index (κ1) is 15.7. The van der Waals surface area contributed by atoms with E-state index in [1.54, 1.807) is 12.3 Å². The quantitative estimate of drug-likeness (QED) is 0.698. The Morgan fingerprint density at radius 3 is 2.82 bits per heavy atom. The Morgan fingerprint density at radius 1 is 1.32 bits per heavy atom. The van der Waals surface area contributed by atoms with Crippen LogP contribution in [0.4, 0.5) is 0 Å². The van der Waals surface area contributed by atoms with E-state index in [2.05, 4.69) is 15.5 Å². The van der Waals surface area contributed by atoms with Crippen molar-refractivity contribution in [3.8, 4) is 0 Å².